The number of hydrogen-bond donors (Lipinski definition) is 2. The molecule has 22 heavy (non-hydrogen) atoms. The minimum absolute atomic E-state index is 0.247. The van der Waals surface area contributed by atoms with Crippen LogP contribution in [-0.2, 0) is 0 Å². The highest BCUT2D eigenvalue weighted by atomic mass is 16.5. The van der Waals surface area contributed by atoms with Gasteiger partial charge < -0.3 is 10.1 Å². The Hall–Kier alpha value is -3.08. The largest absolute Gasteiger partial charge is 0.497 e. The first kappa shape index (κ1) is 13.9. The van der Waals surface area contributed by atoms with Crippen LogP contribution >= 0.6 is 0 Å². The molecule has 0 aliphatic carbocycles. The molecule has 0 unspecified atom stereocenters. The molecule has 0 aliphatic heterocycles. The number of benzene rings is 2. The maximum atomic E-state index is 12.2. The SMILES string of the molecule is COc1cccc(NC(=O)c2cc(-c3ccccc3)n[nH]2)c1. The number of carbonyl (C=O) groups is 1. The van der Waals surface area contributed by atoms with Crippen LogP contribution in [0.4, 0.5) is 5.69 Å². The average molecular weight is 293 g/mol. The Morgan fingerprint density at radius 3 is 2.68 bits per heavy atom. The van der Waals surface area contributed by atoms with Gasteiger partial charge in [0.1, 0.15) is 11.4 Å². The van der Waals surface area contributed by atoms with Crippen LogP contribution in [0.3, 0.4) is 0 Å². The molecule has 3 aromatic rings. The summed E-state index contributed by atoms with van der Waals surface area (Å²) in [5.74, 6) is 0.440. The number of aromatic nitrogens is 2. The fraction of sp³-hybridized carbons (Fsp3) is 0.0588. The second kappa shape index (κ2) is 6.13. The van der Waals surface area contributed by atoms with Gasteiger partial charge in [-0.1, -0.05) is 36.4 Å². The summed E-state index contributed by atoms with van der Waals surface area (Å²) >= 11 is 0. The van der Waals surface area contributed by atoms with Crippen molar-refractivity contribution in [3.8, 4) is 17.0 Å². The molecule has 3 rings (SSSR count). The van der Waals surface area contributed by atoms with E-state index in [9.17, 15) is 4.79 Å². The fourth-order valence-electron chi connectivity index (χ4n) is 2.09. The number of amides is 1. The average Bonchev–Trinajstić information content (AvgIpc) is 3.06. The number of nitrogens with zero attached hydrogens (tertiary/aromatic N) is 1. The third-order valence-corrected chi connectivity index (χ3v) is 3.22. The van der Waals surface area contributed by atoms with Crippen LogP contribution in [0.1, 0.15) is 10.5 Å². The standard InChI is InChI=1S/C17H15N3O2/c1-22-14-9-5-8-13(10-14)18-17(21)16-11-15(19-20-16)12-6-3-2-4-7-12/h2-11H,1H3,(H,18,21)(H,19,20). The van der Waals surface area contributed by atoms with E-state index < -0.39 is 0 Å². The smallest absolute Gasteiger partial charge is 0.273 e. The number of methoxy groups -OCH3 is 1. The molecule has 1 amide bonds. The van der Waals surface area contributed by atoms with E-state index >= 15 is 0 Å². The van der Waals surface area contributed by atoms with Crippen LogP contribution in [0.2, 0.25) is 0 Å². The van der Waals surface area contributed by atoms with E-state index in [0.717, 1.165) is 11.3 Å². The van der Waals surface area contributed by atoms with Crippen molar-refractivity contribution >= 4 is 11.6 Å². The number of rotatable bonds is 4. The molecule has 0 fully saturated rings. The summed E-state index contributed by atoms with van der Waals surface area (Å²) in [5.41, 5.74) is 2.76. The summed E-state index contributed by atoms with van der Waals surface area (Å²) in [6.45, 7) is 0. The summed E-state index contributed by atoms with van der Waals surface area (Å²) in [6, 6.07) is 18.6. The lowest BCUT2D eigenvalue weighted by atomic mass is 10.1. The van der Waals surface area contributed by atoms with E-state index in [1.54, 1.807) is 25.3 Å². The van der Waals surface area contributed by atoms with Gasteiger partial charge in [-0.25, -0.2) is 0 Å². The highest BCUT2D eigenvalue weighted by Crippen LogP contribution is 2.19. The molecule has 1 aromatic heterocycles. The molecule has 2 N–H and O–H groups in total. The van der Waals surface area contributed by atoms with Gasteiger partial charge in [0.05, 0.1) is 12.8 Å². The highest BCUT2D eigenvalue weighted by Gasteiger charge is 2.11. The van der Waals surface area contributed by atoms with Crippen molar-refractivity contribution in [2.45, 2.75) is 0 Å². The van der Waals surface area contributed by atoms with Crippen molar-refractivity contribution in [1.29, 1.82) is 0 Å². The number of carbonyl (C=O) groups excluding carboxylic acids is 1. The van der Waals surface area contributed by atoms with E-state index in [1.807, 2.05) is 42.5 Å². The number of aromatic amines is 1. The van der Waals surface area contributed by atoms with Gasteiger partial charge in [0.15, 0.2) is 0 Å². The molecule has 0 saturated heterocycles. The van der Waals surface area contributed by atoms with Gasteiger partial charge in [-0.3, -0.25) is 9.89 Å². The van der Waals surface area contributed by atoms with Crippen LogP contribution in [0.5, 0.6) is 5.75 Å². The van der Waals surface area contributed by atoms with E-state index in [4.69, 9.17) is 4.74 Å². The maximum absolute atomic E-state index is 12.2. The zero-order valence-electron chi connectivity index (χ0n) is 12.0. The summed E-state index contributed by atoms with van der Waals surface area (Å²) in [4.78, 5) is 12.2. The molecule has 1 heterocycles. The van der Waals surface area contributed by atoms with Crippen molar-refractivity contribution in [3.05, 3.63) is 66.4 Å². The number of ether oxygens (including phenoxy) is 1. The molecule has 110 valence electrons. The van der Waals surface area contributed by atoms with Crippen LogP contribution in [-0.4, -0.2) is 23.2 Å². The van der Waals surface area contributed by atoms with Crippen molar-refractivity contribution in [1.82, 2.24) is 10.2 Å². The summed E-state index contributed by atoms with van der Waals surface area (Å²) in [6.07, 6.45) is 0. The van der Waals surface area contributed by atoms with Crippen molar-refractivity contribution in [2.75, 3.05) is 12.4 Å². The second-order valence-electron chi connectivity index (χ2n) is 4.72. The molecule has 2 aromatic carbocycles. The first-order valence-corrected chi connectivity index (χ1v) is 6.82. The third kappa shape index (κ3) is 2.98. The number of nitrogens with one attached hydrogen (secondary N) is 2. The van der Waals surface area contributed by atoms with E-state index in [-0.39, 0.29) is 5.91 Å². The summed E-state index contributed by atoms with van der Waals surface area (Å²) < 4.78 is 5.13. The van der Waals surface area contributed by atoms with Crippen molar-refractivity contribution in [3.63, 3.8) is 0 Å². The number of anilines is 1. The fourth-order valence-corrected chi connectivity index (χ4v) is 2.09. The van der Waals surface area contributed by atoms with Gasteiger partial charge in [0.25, 0.3) is 5.91 Å². The molecule has 0 saturated carbocycles. The first-order chi connectivity index (χ1) is 10.8. The molecular formula is C17H15N3O2. The van der Waals surface area contributed by atoms with E-state index in [1.165, 1.54) is 0 Å². The lowest BCUT2D eigenvalue weighted by Crippen LogP contribution is -2.12. The maximum Gasteiger partial charge on any atom is 0.273 e. The lowest BCUT2D eigenvalue weighted by Gasteiger charge is -2.05. The quantitative estimate of drug-likeness (QED) is 0.775. The zero-order chi connectivity index (χ0) is 15.4. The van der Waals surface area contributed by atoms with Gasteiger partial charge in [-0.15, -0.1) is 0 Å². The molecule has 5 nitrogen and oxygen atoms in total. The van der Waals surface area contributed by atoms with Crippen LogP contribution in [0, 0.1) is 0 Å². The highest BCUT2D eigenvalue weighted by molar-refractivity contribution is 6.03. The monoisotopic (exact) mass is 293 g/mol. The van der Waals surface area contributed by atoms with E-state index in [2.05, 4.69) is 15.5 Å². The van der Waals surface area contributed by atoms with Gasteiger partial charge in [-0.05, 0) is 18.2 Å². The predicted octanol–water partition coefficient (Wildman–Crippen LogP) is 3.34. The molecule has 0 atom stereocenters. The Morgan fingerprint density at radius 2 is 1.91 bits per heavy atom. The minimum Gasteiger partial charge on any atom is -0.497 e. The Balaban J connectivity index is 1.77. The molecular weight excluding hydrogens is 278 g/mol. The molecule has 0 spiro atoms. The zero-order valence-corrected chi connectivity index (χ0v) is 12.0. The van der Waals surface area contributed by atoms with E-state index in [0.29, 0.717) is 17.1 Å². The van der Waals surface area contributed by atoms with Gasteiger partial charge >= 0.3 is 0 Å². The summed E-state index contributed by atoms with van der Waals surface area (Å²) in [5, 5.41) is 9.74. The van der Waals surface area contributed by atoms with Crippen LogP contribution < -0.4 is 10.1 Å². The van der Waals surface area contributed by atoms with Crippen LogP contribution in [0.25, 0.3) is 11.3 Å². The topological polar surface area (TPSA) is 67.0 Å². The Morgan fingerprint density at radius 1 is 1.09 bits per heavy atom. The summed E-state index contributed by atoms with van der Waals surface area (Å²) in [7, 11) is 1.59. The second-order valence-corrected chi connectivity index (χ2v) is 4.72. The molecule has 0 radical (unpaired) electrons. The Labute approximate surface area is 127 Å². The third-order valence-electron chi connectivity index (χ3n) is 3.22. The number of H-pyrrole nitrogens is 1. The molecule has 0 bridgehead atoms. The predicted molar refractivity (Wildman–Crippen MR) is 85.0 cm³/mol. The molecule has 0 aliphatic rings. The molecule has 5 heteroatoms. The van der Waals surface area contributed by atoms with Crippen molar-refractivity contribution < 1.29 is 9.53 Å². The first-order valence-electron chi connectivity index (χ1n) is 6.82. The lowest BCUT2D eigenvalue weighted by molar-refractivity contribution is 0.102. The Bertz CT molecular complexity index is 781. The van der Waals surface area contributed by atoms with Gasteiger partial charge in [-0.2, -0.15) is 5.10 Å². The van der Waals surface area contributed by atoms with Gasteiger partial charge in [0, 0.05) is 17.3 Å². The van der Waals surface area contributed by atoms with Crippen molar-refractivity contribution in [2.24, 2.45) is 0 Å². The van der Waals surface area contributed by atoms with Crippen LogP contribution in [0.15, 0.2) is 60.7 Å². The van der Waals surface area contributed by atoms with Gasteiger partial charge in [0.2, 0.25) is 0 Å². The normalized spacial score (nSPS) is 10.2. The number of hydrogen-bond acceptors (Lipinski definition) is 3. The Kier molecular flexibility index (Phi) is 3.87. The minimum atomic E-state index is -0.247.